The van der Waals surface area contributed by atoms with Crippen LogP contribution in [0.1, 0.15) is 13.8 Å². The second kappa shape index (κ2) is 9.49. The molecule has 5 aromatic rings. The van der Waals surface area contributed by atoms with Gasteiger partial charge in [0.2, 0.25) is 0 Å². The summed E-state index contributed by atoms with van der Waals surface area (Å²) in [7, 11) is 2.11. The molecule has 0 aliphatic carbocycles. The number of rotatable bonds is 6. The number of anilines is 2. The molecule has 194 valence electrons. The number of nitrogens with zero attached hydrogens (tertiary/aromatic N) is 7. The van der Waals surface area contributed by atoms with Crippen LogP contribution in [0.4, 0.5) is 15.9 Å². The number of allylic oxidation sites excluding steroid dienone is 1. The summed E-state index contributed by atoms with van der Waals surface area (Å²) in [6, 6.07) is 3.71. The zero-order chi connectivity index (χ0) is 26.4. The first-order valence-electron chi connectivity index (χ1n) is 12.6. The van der Waals surface area contributed by atoms with Gasteiger partial charge in [-0.3, -0.25) is 10.1 Å². The summed E-state index contributed by atoms with van der Waals surface area (Å²) in [5.41, 5.74) is 4.77. The monoisotopic (exact) mass is 512 g/mol. The lowest BCUT2D eigenvalue weighted by atomic mass is 10.1. The van der Waals surface area contributed by atoms with Crippen LogP contribution in [0.15, 0.2) is 49.2 Å². The van der Waals surface area contributed by atoms with Gasteiger partial charge in [0.15, 0.2) is 17.3 Å². The highest BCUT2D eigenvalue weighted by atomic mass is 19.1. The molecule has 0 radical (unpaired) electrons. The molecule has 0 unspecified atom stereocenters. The Bertz CT molecular complexity index is 1640. The van der Waals surface area contributed by atoms with Gasteiger partial charge in [0.25, 0.3) is 0 Å². The molecule has 38 heavy (non-hydrogen) atoms. The van der Waals surface area contributed by atoms with Gasteiger partial charge in [-0.1, -0.05) is 20.4 Å². The van der Waals surface area contributed by atoms with E-state index in [2.05, 4.69) is 58.9 Å². The summed E-state index contributed by atoms with van der Waals surface area (Å²) in [5.74, 6) is 1.10. The second-order valence-corrected chi connectivity index (χ2v) is 9.96. The predicted octanol–water partition coefficient (Wildman–Crippen LogP) is 4.43. The van der Waals surface area contributed by atoms with E-state index in [1.165, 1.54) is 6.20 Å². The van der Waals surface area contributed by atoms with Gasteiger partial charge in [0.1, 0.15) is 17.0 Å². The maximum Gasteiger partial charge on any atom is 0.184 e. The molecule has 6 rings (SSSR count). The summed E-state index contributed by atoms with van der Waals surface area (Å²) < 4.78 is 16.1. The van der Waals surface area contributed by atoms with E-state index in [0.717, 1.165) is 54.4 Å². The van der Waals surface area contributed by atoms with E-state index in [0.29, 0.717) is 22.6 Å². The number of likely N-dealkylation sites (N-methyl/N-ethyl adjacent to an activating group) is 1. The van der Waals surface area contributed by atoms with E-state index >= 15 is 4.39 Å². The van der Waals surface area contributed by atoms with Crippen LogP contribution >= 0.6 is 0 Å². The molecule has 1 saturated heterocycles. The quantitative estimate of drug-likeness (QED) is 0.306. The summed E-state index contributed by atoms with van der Waals surface area (Å²) in [5, 5.41) is 10.7. The van der Waals surface area contributed by atoms with Crippen LogP contribution in [-0.2, 0) is 0 Å². The third-order valence-corrected chi connectivity index (χ3v) is 6.99. The third-order valence-electron chi connectivity index (χ3n) is 6.99. The lowest BCUT2D eigenvalue weighted by Gasteiger charge is -2.33. The van der Waals surface area contributed by atoms with Gasteiger partial charge in [-0.15, -0.1) is 0 Å². The highest BCUT2D eigenvalue weighted by molar-refractivity contribution is 5.96. The minimum absolute atomic E-state index is 0.248. The number of imidazole rings is 1. The second-order valence-electron chi connectivity index (χ2n) is 9.96. The Morgan fingerprint density at radius 3 is 2.74 bits per heavy atom. The summed E-state index contributed by atoms with van der Waals surface area (Å²) >= 11 is 0. The molecule has 0 aromatic carbocycles. The molecule has 0 bridgehead atoms. The Kier molecular flexibility index (Phi) is 5.99. The molecule has 0 saturated carbocycles. The SMILES string of the molecule is C=C(Nc1cncc(-c2cnc3n[nH]c(-c4nc5c(N6CCN(C)CC6)nccc5[nH]4)c3c2F)c1)C(C)C. The number of aromatic nitrogens is 7. The van der Waals surface area contributed by atoms with E-state index in [1.807, 2.05) is 26.0 Å². The van der Waals surface area contributed by atoms with Crippen molar-refractivity contribution in [2.24, 2.45) is 5.92 Å². The standard InChI is InChI=1S/C27H29FN10/c1-15(2)16(3)32-18-11-17(12-29-13-18)19-14-31-25-21(22(19)28)24(35-36-25)26-33-20-5-6-30-27(23(20)34-26)38-9-7-37(4)8-10-38/h5-6,11-15,32H,3,7-10H2,1-2,4H3,(H,33,34)(H,31,35,36). The minimum atomic E-state index is -0.446. The first kappa shape index (κ1) is 24.0. The Labute approximate surface area is 219 Å². The molecule has 0 amide bonds. The summed E-state index contributed by atoms with van der Waals surface area (Å²) in [6.45, 7) is 11.8. The molecular formula is C27H29FN10. The lowest BCUT2D eigenvalue weighted by molar-refractivity contribution is 0.312. The van der Waals surface area contributed by atoms with Crippen LogP contribution < -0.4 is 10.2 Å². The number of fused-ring (bicyclic) bond motifs is 2. The Morgan fingerprint density at radius 1 is 1.13 bits per heavy atom. The van der Waals surface area contributed by atoms with Gasteiger partial charge in [-0.25, -0.2) is 19.3 Å². The van der Waals surface area contributed by atoms with Crippen molar-refractivity contribution in [2.45, 2.75) is 13.8 Å². The van der Waals surface area contributed by atoms with E-state index < -0.39 is 5.82 Å². The van der Waals surface area contributed by atoms with Gasteiger partial charge < -0.3 is 20.1 Å². The number of hydrogen-bond acceptors (Lipinski definition) is 8. The van der Waals surface area contributed by atoms with Gasteiger partial charge in [-0.05, 0) is 25.1 Å². The van der Waals surface area contributed by atoms with Crippen molar-refractivity contribution in [3.05, 3.63) is 55.0 Å². The van der Waals surface area contributed by atoms with E-state index in [9.17, 15) is 0 Å². The Morgan fingerprint density at radius 2 is 1.95 bits per heavy atom. The smallest absolute Gasteiger partial charge is 0.184 e. The molecule has 0 atom stereocenters. The van der Waals surface area contributed by atoms with Crippen molar-refractivity contribution in [3.8, 4) is 22.6 Å². The molecule has 11 heteroatoms. The average molecular weight is 513 g/mol. The maximum atomic E-state index is 16.1. The van der Waals surface area contributed by atoms with Crippen LogP contribution in [-0.4, -0.2) is 73.2 Å². The number of aromatic amines is 2. The highest BCUT2D eigenvalue weighted by Crippen LogP contribution is 2.34. The van der Waals surface area contributed by atoms with E-state index in [-0.39, 0.29) is 17.0 Å². The van der Waals surface area contributed by atoms with Crippen LogP contribution in [0.5, 0.6) is 0 Å². The lowest BCUT2D eigenvalue weighted by Crippen LogP contribution is -2.44. The number of pyridine rings is 3. The maximum absolute atomic E-state index is 16.1. The number of piperazine rings is 1. The Hall–Kier alpha value is -4.38. The van der Waals surface area contributed by atoms with Crippen LogP contribution in [0.2, 0.25) is 0 Å². The van der Waals surface area contributed by atoms with Crippen LogP contribution in [0.3, 0.4) is 0 Å². The number of halogens is 1. The van der Waals surface area contributed by atoms with Gasteiger partial charge in [0, 0.05) is 61.6 Å². The predicted molar refractivity (Wildman–Crippen MR) is 147 cm³/mol. The van der Waals surface area contributed by atoms with Crippen LogP contribution in [0.25, 0.3) is 44.7 Å². The molecule has 3 N–H and O–H groups in total. The fourth-order valence-electron chi connectivity index (χ4n) is 4.60. The van der Waals surface area contributed by atoms with E-state index in [1.54, 1.807) is 18.6 Å². The molecule has 5 aromatic heterocycles. The van der Waals surface area contributed by atoms with Gasteiger partial charge >= 0.3 is 0 Å². The largest absolute Gasteiger partial charge is 0.358 e. The third kappa shape index (κ3) is 4.24. The van der Waals surface area contributed by atoms with Crippen molar-refractivity contribution in [3.63, 3.8) is 0 Å². The van der Waals surface area contributed by atoms with E-state index in [4.69, 9.17) is 4.98 Å². The fourth-order valence-corrected chi connectivity index (χ4v) is 4.60. The number of nitrogens with one attached hydrogen (secondary N) is 3. The van der Waals surface area contributed by atoms with Crippen molar-refractivity contribution >= 4 is 33.6 Å². The zero-order valence-corrected chi connectivity index (χ0v) is 21.6. The summed E-state index contributed by atoms with van der Waals surface area (Å²) in [6.07, 6.45) is 6.55. The minimum Gasteiger partial charge on any atom is -0.358 e. The van der Waals surface area contributed by atoms with Crippen molar-refractivity contribution in [1.29, 1.82) is 0 Å². The van der Waals surface area contributed by atoms with Crippen molar-refractivity contribution in [1.82, 2.24) is 40.0 Å². The normalized spacial score (nSPS) is 14.6. The number of H-pyrrole nitrogens is 2. The average Bonchev–Trinajstić information content (AvgIpc) is 3.54. The van der Waals surface area contributed by atoms with Gasteiger partial charge in [0.05, 0.1) is 22.8 Å². The van der Waals surface area contributed by atoms with Gasteiger partial charge in [-0.2, -0.15) is 5.10 Å². The first-order chi connectivity index (χ1) is 18.4. The molecule has 1 aliphatic heterocycles. The Balaban J connectivity index is 1.40. The molecule has 0 spiro atoms. The molecular weight excluding hydrogens is 483 g/mol. The summed E-state index contributed by atoms with van der Waals surface area (Å²) in [4.78, 5) is 26.0. The number of hydrogen-bond donors (Lipinski definition) is 3. The molecule has 1 fully saturated rings. The molecule has 6 heterocycles. The molecule has 1 aliphatic rings. The highest BCUT2D eigenvalue weighted by Gasteiger charge is 2.23. The first-order valence-corrected chi connectivity index (χ1v) is 12.6. The molecule has 10 nitrogen and oxygen atoms in total. The van der Waals surface area contributed by atoms with Crippen LogP contribution in [0, 0.1) is 11.7 Å². The zero-order valence-electron chi connectivity index (χ0n) is 21.6. The van der Waals surface area contributed by atoms with Crippen molar-refractivity contribution < 1.29 is 4.39 Å². The van der Waals surface area contributed by atoms with Crippen molar-refractivity contribution in [2.75, 3.05) is 43.4 Å². The topological polar surface area (TPSA) is 115 Å². The fraction of sp³-hybridized carbons (Fsp3) is 0.296.